The lowest BCUT2D eigenvalue weighted by molar-refractivity contribution is 0.0610. The van der Waals surface area contributed by atoms with Crippen LogP contribution in [0.4, 0.5) is 5.69 Å². The van der Waals surface area contributed by atoms with Gasteiger partial charge in [-0.15, -0.1) is 0 Å². The van der Waals surface area contributed by atoms with Gasteiger partial charge in [-0.3, -0.25) is 19.3 Å². The van der Waals surface area contributed by atoms with Crippen molar-refractivity contribution in [3.8, 4) is 5.75 Å². The van der Waals surface area contributed by atoms with Gasteiger partial charge in [0, 0.05) is 40.6 Å². The van der Waals surface area contributed by atoms with E-state index in [1.54, 1.807) is 48.4 Å². The first-order chi connectivity index (χ1) is 19.1. The van der Waals surface area contributed by atoms with E-state index >= 15 is 0 Å². The number of benzene rings is 5. The van der Waals surface area contributed by atoms with Crippen LogP contribution in [-0.2, 0) is 0 Å². The summed E-state index contributed by atoms with van der Waals surface area (Å²) < 4.78 is 5.26. The van der Waals surface area contributed by atoms with Crippen molar-refractivity contribution in [1.29, 1.82) is 0 Å². The number of methoxy groups -OCH3 is 1. The van der Waals surface area contributed by atoms with Gasteiger partial charge in [0.1, 0.15) is 5.75 Å². The fraction of sp³-hybridized carbons (Fsp3) is 0.121. The maximum atomic E-state index is 13.8. The second-order valence-electron chi connectivity index (χ2n) is 9.51. The number of carbonyl (C=O) groups is 3. The molecule has 5 aromatic carbocycles. The third-order valence-electron chi connectivity index (χ3n) is 7.26. The molecule has 5 aromatic rings. The predicted octanol–water partition coefficient (Wildman–Crippen LogP) is 6.33. The van der Waals surface area contributed by atoms with Crippen LogP contribution in [0.2, 0.25) is 0 Å². The van der Waals surface area contributed by atoms with Crippen LogP contribution in [0.1, 0.15) is 37.5 Å². The molecule has 0 radical (unpaired) electrons. The lowest BCUT2D eigenvalue weighted by Gasteiger charge is -2.29. The Balaban J connectivity index is 1.30. The molecule has 0 fully saturated rings. The van der Waals surface area contributed by atoms with Crippen LogP contribution >= 0.6 is 0 Å². The Morgan fingerprint density at radius 1 is 0.744 bits per heavy atom. The fourth-order valence-corrected chi connectivity index (χ4v) is 5.33. The highest BCUT2D eigenvalue weighted by atomic mass is 16.5. The molecular formula is C33H26N2O4. The van der Waals surface area contributed by atoms with E-state index in [9.17, 15) is 14.4 Å². The highest BCUT2D eigenvalue weighted by Crippen LogP contribution is 2.31. The summed E-state index contributed by atoms with van der Waals surface area (Å²) in [6.07, 6.45) is 0.417. The van der Waals surface area contributed by atoms with E-state index in [4.69, 9.17) is 4.74 Å². The van der Waals surface area contributed by atoms with Gasteiger partial charge in [0.05, 0.1) is 12.8 Å². The summed E-state index contributed by atoms with van der Waals surface area (Å²) in [7, 11) is 1.58. The molecule has 6 nitrogen and oxygen atoms in total. The number of amides is 3. The molecule has 0 atom stereocenters. The minimum absolute atomic E-state index is 0.166. The van der Waals surface area contributed by atoms with Gasteiger partial charge < -0.3 is 9.64 Å². The summed E-state index contributed by atoms with van der Waals surface area (Å²) in [6.45, 7) is 0.515. The maximum absolute atomic E-state index is 13.8. The molecule has 1 aliphatic heterocycles. The second-order valence-corrected chi connectivity index (χ2v) is 9.51. The number of rotatable bonds is 7. The van der Waals surface area contributed by atoms with E-state index in [0.29, 0.717) is 40.8 Å². The average Bonchev–Trinajstić information content (AvgIpc) is 2.99. The predicted molar refractivity (Wildman–Crippen MR) is 153 cm³/mol. The normalized spacial score (nSPS) is 12.7. The maximum Gasteiger partial charge on any atom is 0.261 e. The van der Waals surface area contributed by atoms with Crippen molar-refractivity contribution >= 4 is 45.0 Å². The van der Waals surface area contributed by atoms with Gasteiger partial charge in [0.25, 0.3) is 17.7 Å². The molecule has 0 spiro atoms. The number of imide groups is 1. The third-order valence-corrected chi connectivity index (χ3v) is 7.26. The van der Waals surface area contributed by atoms with Gasteiger partial charge in [0.2, 0.25) is 0 Å². The Labute approximate surface area is 226 Å². The van der Waals surface area contributed by atoms with Crippen LogP contribution in [0.25, 0.3) is 21.5 Å². The topological polar surface area (TPSA) is 66.9 Å². The lowest BCUT2D eigenvalue weighted by atomic mass is 9.94. The number of hydrogen-bond donors (Lipinski definition) is 0. The first kappa shape index (κ1) is 24.4. The quantitative estimate of drug-likeness (QED) is 0.238. The van der Waals surface area contributed by atoms with Crippen molar-refractivity contribution < 1.29 is 19.1 Å². The summed E-state index contributed by atoms with van der Waals surface area (Å²) in [5.74, 6) is -0.105. The number of fused-ring (bicyclic) bond motifs is 1. The molecule has 0 saturated heterocycles. The Bertz CT molecular complexity index is 1690. The van der Waals surface area contributed by atoms with Crippen LogP contribution < -0.4 is 9.64 Å². The molecule has 192 valence electrons. The van der Waals surface area contributed by atoms with Gasteiger partial charge >= 0.3 is 0 Å². The Hall–Kier alpha value is -4.97. The molecule has 6 heteroatoms. The first-order valence-electron chi connectivity index (χ1n) is 12.9. The van der Waals surface area contributed by atoms with Crippen molar-refractivity contribution in [2.75, 3.05) is 25.1 Å². The molecular weight excluding hydrogens is 488 g/mol. The van der Waals surface area contributed by atoms with Gasteiger partial charge in [0.15, 0.2) is 0 Å². The summed E-state index contributed by atoms with van der Waals surface area (Å²) >= 11 is 0. The minimum Gasteiger partial charge on any atom is -0.497 e. The highest BCUT2D eigenvalue weighted by molar-refractivity contribution is 6.25. The molecule has 0 bridgehead atoms. The van der Waals surface area contributed by atoms with E-state index in [1.807, 2.05) is 66.7 Å². The van der Waals surface area contributed by atoms with E-state index < -0.39 is 0 Å². The van der Waals surface area contributed by atoms with Gasteiger partial charge in [-0.05, 0) is 59.7 Å². The fourth-order valence-electron chi connectivity index (χ4n) is 5.33. The molecule has 1 heterocycles. The molecule has 0 aromatic heterocycles. The Kier molecular flexibility index (Phi) is 6.29. The van der Waals surface area contributed by atoms with Crippen LogP contribution in [0.3, 0.4) is 0 Å². The number of anilines is 1. The zero-order chi connectivity index (χ0) is 26.9. The molecule has 39 heavy (non-hydrogen) atoms. The first-order valence-corrected chi connectivity index (χ1v) is 12.9. The van der Waals surface area contributed by atoms with Crippen molar-refractivity contribution in [3.05, 3.63) is 120 Å². The van der Waals surface area contributed by atoms with Crippen molar-refractivity contribution in [1.82, 2.24) is 4.90 Å². The van der Waals surface area contributed by atoms with Crippen LogP contribution in [0.15, 0.2) is 103 Å². The van der Waals surface area contributed by atoms with Crippen LogP contribution in [-0.4, -0.2) is 42.8 Å². The van der Waals surface area contributed by atoms with Crippen molar-refractivity contribution in [2.45, 2.75) is 6.42 Å². The number of ether oxygens (including phenoxy) is 1. The number of hydrogen-bond acceptors (Lipinski definition) is 4. The van der Waals surface area contributed by atoms with Crippen LogP contribution in [0.5, 0.6) is 5.75 Å². The van der Waals surface area contributed by atoms with E-state index in [0.717, 1.165) is 21.8 Å². The monoisotopic (exact) mass is 514 g/mol. The van der Waals surface area contributed by atoms with Gasteiger partial charge in [-0.25, -0.2) is 0 Å². The lowest BCUT2D eigenvalue weighted by Crippen LogP contribution is -2.42. The number of nitrogens with zero attached hydrogens (tertiary/aromatic N) is 2. The molecule has 6 rings (SSSR count). The van der Waals surface area contributed by atoms with E-state index in [1.165, 1.54) is 4.90 Å². The SMILES string of the molecule is COc1ccc(C(=O)N(CCCN2C(=O)c3cccc4cccc(c34)C2=O)c2cccc3ccccc23)cc1. The zero-order valence-electron chi connectivity index (χ0n) is 21.5. The standard InChI is InChI=1S/C33H26N2O4/c1-39-25-18-16-24(17-19-25)31(36)34(29-15-6-9-22-8-2-3-12-26(22)29)20-7-21-35-32(37)27-13-4-10-23-11-5-14-28(30(23)27)33(35)38/h2-6,8-19H,7,20-21H2,1H3. The summed E-state index contributed by atoms with van der Waals surface area (Å²) in [5.41, 5.74) is 2.36. The largest absolute Gasteiger partial charge is 0.497 e. The second kappa shape index (κ2) is 10.1. The molecule has 0 unspecified atom stereocenters. The smallest absolute Gasteiger partial charge is 0.261 e. The van der Waals surface area contributed by atoms with E-state index in [-0.39, 0.29) is 24.3 Å². The number of carbonyl (C=O) groups excluding carboxylic acids is 3. The third kappa shape index (κ3) is 4.30. The molecule has 1 aliphatic rings. The summed E-state index contributed by atoms with van der Waals surface area (Å²) in [6, 6.07) is 31.8. The molecule has 3 amide bonds. The molecule has 0 saturated carbocycles. The highest BCUT2D eigenvalue weighted by Gasteiger charge is 2.32. The summed E-state index contributed by atoms with van der Waals surface area (Å²) in [5, 5.41) is 3.55. The Morgan fingerprint density at radius 2 is 1.36 bits per heavy atom. The summed E-state index contributed by atoms with van der Waals surface area (Å²) in [4.78, 5) is 43.6. The van der Waals surface area contributed by atoms with Gasteiger partial charge in [-0.2, -0.15) is 0 Å². The Morgan fingerprint density at radius 3 is 2.05 bits per heavy atom. The van der Waals surface area contributed by atoms with Crippen LogP contribution in [0, 0.1) is 0 Å². The van der Waals surface area contributed by atoms with Gasteiger partial charge in [-0.1, -0.05) is 60.7 Å². The molecule has 0 aliphatic carbocycles. The average molecular weight is 515 g/mol. The van der Waals surface area contributed by atoms with Crippen molar-refractivity contribution in [3.63, 3.8) is 0 Å². The van der Waals surface area contributed by atoms with Crippen molar-refractivity contribution in [2.24, 2.45) is 0 Å². The van der Waals surface area contributed by atoms with E-state index in [2.05, 4.69) is 0 Å². The zero-order valence-corrected chi connectivity index (χ0v) is 21.5. The minimum atomic E-state index is -0.303. The molecule has 0 N–H and O–H groups in total.